The first-order valence-electron chi connectivity index (χ1n) is 6.95. The number of ether oxygens (including phenoxy) is 3. The molecule has 0 bridgehead atoms. The van der Waals surface area contributed by atoms with Crippen molar-refractivity contribution in [2.45, 2.75) is 51.7 Å². The van der Waals surface area contributed by atoms with E-state index in [0.29, 0.717) is 0 Å². The predicted molar refractivity (Wildman–Crippen MR) is 71.0 cm³/mol. The maximum Gasteiger partial charge on any atom is 0.323 e. The Morgan fingerprint density at radius 1 is 1.20 bits per heavy atom. The molecule has 1 saturated heterocycles. The van der Waals surface area contributed by atoms with E-state index in [0.717, 1.165) is 0 Å². The van der Waals surface area contributed by atoms with Crippen molar-refractivity contribution in [3.05, 3.63) is 0 Å². The van der Waals surface area contributed by atoms with Gasteiger partial charge in [0.2, 0.25) is 0 Å². The third-order valence-corrected chi connectivity index (χ3v) is 3.34. The van der Waals surface area contributed by atoms with Gasteiger partial charge in [-0.3, -0.25) is 9.59 Å². The zero-order chi connectivity index (χ0) is 15.4. The highest BCUT2D eigenvalue weighted by molar-refractivity contribution is 5.96. The Kier molecular flexibility index (Phi) is 5.53. The summed E-state index contributed by atoms with van der Waals surface area (Å²) in [5.74, 6) is -2.82. The molecule has 20 heavy (non-hydrogen) atoms. The van der Waals surface area contributed by atoms with Crippen molar-refractivity contribution in [1.29, 1.82) is 0 Å². The van der Waals surface area contributed by atoms with Gasteiger partial charge in [0.15, 0.2) is 5.92 Å². The third kappa shape index (κ3) is 3.93. The molecule has 0 saturated carbocycles. The Balaban J connectivity index is 3.01. The van der Waals surface area contributed by atoms with Crippen molar-refractivity contribution in [2.24, 2.45) is 5.92 Å². The fraction of sp³-hybridized carbons (Fsp3) is 0.857. The first-order chi connectivity index (χ1) is 9.25. The van der Waals surface area contributed by atoms with E-state index in [1.165, 1.54) is 0 Å². The van der Waals surface area contributed by atoms with E-state index >= 15 is 0 Å². The Morgan fingerprint density at radius 2 is 1.70 bits per heavy atom. The van der Waals surface area contributed by atoms with Crippen LogP contribution in [0.4, 0.5) is 0 Å². The smallest absolute Gasteiger partial charge is 0.323 e. The summed E-state index contributed by atoms with van der Waals surface area (Å²) < 4.78 is 15.4. The maximum atomic E-state index is 12.1. The standard InChI is InChI=1S/C14H24O6/c1-5-18-11(15)10(12(16)19-6-2)14(17)7-8-20-13(3,4)9-14/h10,17H,5-9H2,1-4H3. The lowest BCUT2D eigenvalue weighted by Crippen LogP contribution is -2.55. The van der Waals surface area contributed by atoms with Gasteiger partial charge in [-0.15, -0.1) is 0 Å². The molecule has 1 N–H and O–H groups in total. The van der Waals surface area contributed by atoms with Crippen molar-refractivity contribution in [3.8, 4) is 0 Å². The van der Waals surface area contributed by atoms with Crippen LogP contribution in [0.2, 0.25) is 0 Å². The van der Waals surface area contributed by atoms with Crippen LogP contribution in [0, 0.1) is 5.92 Å². The Bertz CT molecular complexity index is 347. The first-order valence-corrected chi connectivity index (χ1v) is 6.95. The summed E-state index contributed by atoms with van der Waals surface area (Å²) in [5.41, 5.74) is -2.11. The van der Waals surface area contributed by atoms with Crippen LogP contribution in [-0.4, -0.2) is 48.1 Å². The van der Waals surface area contributed by atoms with E-state index in [4.69, 9.17) is 14.2 Å². The summed E-state index contributed by atoms with van der Waals surface area (Å²) in [6.07, 6.45) is 0.362. The van der Waals surface area contributed by atoms with Gasteiger partial charge in [0.25, 0.3) is 0 Å². The maximum absolute atomic E-state index is 12.1. The lowest BCUT2D eigenvalue weighted by Gasteiger charge is -2.43. The highest BCUT2D eigenvalue weighted by atomic mass is 16.6. The number of hydrogen-bond acceptors (Lipinski definition) is 6. The lowest BCUT2D eigenvalue weighted by molar-refractivity contribution is -0.196. The quantitative estimate of drug-likeness (QED) is 0.601. The molecule has 1 heterocycles. The summed E-state index contributed by atoms with van der Waals surface area (Å²) in [6, 6.07) is 0. The normalized spacial score (nSPS) is 25.3. The highest BCUT2D eigenvalue weighted by Crippen LogP contribution is 2.38. The van der Waals surface area contributed by atoms with Crippen LogP contribution in [0.5, 0.6) is 0 Å². The van der Waals surface area contributed by atoms with Crippen LogP contribution < -0.4 is 0 Å². The Labute approximate surface area is 119 Å². The molecule has 0 aromatic heterocycles. The van der Waals surface area contributed by atoms with Gasteiger partial charge < -0.3 is 19.3 Å². The first kappa shape index (κ1) is 16.9. The average Bonchev–Trinajstić information content (AvgIpc) is 2.27. The molecule has 0 amide bonds. The van der Waals surface area contributed by atoms with E-state index in [9.17, 15) is 14.7 Å². The molecule has 1 atom stereocenters. The number of carbonyl (C=O) groups is 2. The summed E-state index contributed by atoms with van der Waals surface area (Å²) in [4.78, 5) is 24.1. The van der Waals surface area contributed by atoms with Crippen molar-refractivity contribution in [3.63, 3.8) is 0 Å². The molecule has 1 aliphatic rings. The third-order valence-electron chi connectivity index (χ3n) is 3.34. The number of esters is 2. The molecular weight excluding hydrogens is 264 g/mol. The van der Waals surface area contributed by atoms with E-state index < -0.39 is 29.1 Å². The SMILES string of the molecule is CCOC(=O)C(C(=O)OCC)C1(O)CCOC(C)(C)C1. The topological polar surface area (TPSA) is 82.1 Å². The molecule has 1 fully saturated rings. The van der Waals surface area contributed by atoms with Gasteiger partial charge in [0.05, 0.1) is 31.0 Å². The van der Waals surface area contributed by atoms with Gasteiger partial charge in [-0.2, -0.15) is 0 Å². The molecule has 0 aliphatic carbocycles. The summed E-state index contributed by atoms with van der Waals surface area (Å²) in [5, 5.41) is 10.8. The number of aliphatic hydroxyl groups is 1. The molecule has 0 radical (unpaired) electrons. The van der Waals surface area contributed by atoms with Crippen molar-refractivity contribution < 1.29 is 28.9 Å². The van der Waals surface area contributed by atoms with Gasteiger partial charge in [-0.05, 0) is 27.7 Å². The average molecular weight is 288 g/mol. The molecule has 1 unspecified atom stereocenters. The van der Waals surface area contributed by atoms with Crippen molar-refractivity contribution >= 4 is 11.9 Å². The minimum absolute atomic E-state index is 0.144. The molecule has 6 nitrogen and oxygen atoms in total. The minimum atomic E-state index is -1.50. The van der Waals surface area contributed by atoms with Gasteiger partial charge in [-0.25, -0.2) is 0 Å². The zero-order valence-corrected chi connectivity index (χ0v) is 12.6. The highest BCUT2D eigenvalue weighted by Gasteiger charge is 2.52. The number of carbonyl (C=O) groups excluding carboxylic acids is 2. The van der Waals surface area contributed by atoms with Crippen molar-refractivity contribution in [2.75, 3.05) is 19.8 Å². The predicted octanol–water partition coefficient (Wildman–Crippen LogP) is 1.05. The van der Waals surface area contributed by atoms with Gasteiger partial charge in [0, 0.05) is 12.8 Å². The van der Waals surface area contributed by atoms with Crippen LogP contribution in [0.15, 0.2) is 0 Å². The van der Waals surface area contributed by atoms with Gasteiger partial charge in [-0.1, -0.05) is 0 Å². The molecule has 1 rings (SSSR count). The van der Waals surface area contributed by atoms with Gasteiger partial charge >= 0.3 is 11.9 Å². The van der Waals surface area contributed by atoms with E-state index in [1.807, 2.05) is 13.8 Å². The van der Waals surface area contributed by atoms with Gasteiger partial charge in [0.1, 0.15) is 0 Å². The van der Waals surface area contributed by atoms with Crippen LogP contribution in [0.1, 0.15) is 40.5 Å². The second-order valence-electron chi connectivity index (χ2n) is 5.58. The minimum Gasteiger partial charge on any atom is -0.465 e. The van der Waals surface area contributed by atoms with Crippen LogP contribution in [0.25, 0.3) is 0 Å². The zero-order valence-electron chi connectivity index (χ0n) is 12.6. The largest absolute Gasteiger partial charge is 0.465 e. The molecular formula is C14H24O6. The van der Waals surface area contributed by atoms with E-state index in [1.54, 1.807) is 13.8 Å². The van der Waals surface area contributed by atoms with E-state index in [2.05, 4.69) is 0 Å². The van der Waals surface area contributed by atoms with Crippen LogP contribution >= 0.6 is 0 Å². The monoisotopic (exact) mass is 288 g/mol. The Morgan fingerprint density at radius 3 is 2.10 bits per heavy atom. The summed E-state index contributed by atoms with van der Waals surface area (Å²) in [6.45, 7) is 7.49. The fourth-order valence-electron chi connectivity index (χ4n) is 2.61. The Hall–Kier alpha value is -1.14. The molecule has 0 spiro atoms. The van der Waals surface area contributed by atoms with Crippen molar-refractivity contribution in [1.82, 2.24) is 0 Å². The second kappa shape index (κ2) is 6.54. The van der Waals surface area contributed by atoms with Crippen LogP contribution in [0.3, 0.4) is 0 Å². The lowest BCUT2D eigenvalue weighted by atomic mass is 9.75. The molecule has 0 aromatic rings. The van der Waals surface area contributed by atoms with E-state index in [-0.39, 0.29) is 32.7 Å². The molecule has 0 aromatic carbocycles. The molecule has 116 valence electrons. The molecule has 1 aliphatic heterocycles. The van der Waals surface area contributed by atoms with Crippen LogP contribution in [-0.2, 0) is 23.8 Å². The summed E-state index contributed by atoms with van der Waals surface area (Å²) in [7, 11) is 0. The molecule has 6 heteroatoms. The number of hydrogen-bond donors (Lipinski definition) is 1. The fourth-order valence-corrected chi connectivity index (χ4v) is 2.61. The summed E-state index contributed by atoms with van der Waals surface area (Å²) >= 11 is 0. The number of rotatable bonds is 5. The second-order valence-corrected chi connectivity index (χ2v) is 5.58.